The average molecular weight is 355 g/mol. The van der Waals surface area contributed by atoms with Crippen molar-refractivity contribution in [3.05, 3.63) is 51.7 Å². The number of pyridine rings is 1. The van der Waals surface area contributed by atoms with Crippen molar-refractivity contribution in [1.29, 1.82) is 0 Å². The summed E-state index contributed by atoms with van der Waals surface area (Å²) >= 11 is 9.31. The first-order valence-electron chi connectivity index (χ1n) is 6.06. The predicted octanol–water partition coefficient (Wildman–Crippen LogP) is 4.18. The lowest BCUT2D eigenvalue weighted by molar-refractivity contribution is 0.102. The molecule has 6 heteroatoms. The van der Waals surface area contributed by atoms with Gasteiger partial charge in [0.05, 0.1) is 16.3 Å². The molecule has 0 unspecified atom stereocenters. The van der Waals surface area contributed by atoms with Crippen molar-refractivity contribution in [3.8, 4) is 0 Å². The molecule has 0 radical (unpaired) electrons. The molecule has 1 amide bonds. The van der Waals surface area contributed by atoms with Crippen LogP contribution in [0.15, 0.2) is 41.1 Å². The lowest BCUT2D eigenvalue weighted by Gasteiger charge is -2.11. The van der Waals surface area contributed by atoms with Crippen LogP contribution in [0.1, 0.15) is 17.3 Å². The number of halogens is 2. The maximum Gasteiger partial charge on any atom is 0.259 e. The molecule has 1 aromatic heterocycles. The van der Waals surface area contributed by atoms with Crippen molar-refractivity contribution in [2.75, 3.05) is 17.2 Å². The standard InChI is InChI=1S/C14H13BrClN3O/c1-2-18-13-5-6-17-8-10(13)14(20)19-9-3-4-11(15)12(16)7-9/h3-8H,2H2,1H3,(H,17,18)(H,19,20). The number of hydrogen-bond acceptors (Lipinski definition) is 3. The Morgan fingerprint density at radius 2 is 2.20 bits per heavy atom. The number of aromatic nitrogens is 1. The topological polar surface area (TPSA) is 54.0 Å². The molecule has 0 aliphatic rings. The maximum atomic E-state index is 12.3. The van der Waals surface area contributed by atoms with Crippen LogP contribution in [-0.4, -0.2) is 17.4 Å². The minimum atomic E-state index is -0.229. The van der Waals surface area contributed by atoms with Crippen molar-refractivity contribution in [3.63, 3.8) is 0 Å². The molecule has 20 heavy (non-hydrogen) atoms. The minimum absolute atomic E-state index is 0.229. The number of nitrogens with zero attached hydrogens (tertiary/aromatic N) is 1. The molecule has 0 spiro atoms. The van der Waals surface area contributed by atoms with E-state index in [0.29, 0.717) is 16.3 Å². The Balaban J connectivity index is 2.21. The largest absolute Gasteiger partial charge is 0.385 e. The Morgan fingerprint density at radius 1 is 1.40 bits per heavy atom. The average Bonchev–Trinajstić information content (AvgIpc) is 2.44. The van der Waals surface area contributed by atoms with Crippen molar-refractivity contribution >= 4 is 44.8 Å². The van der Waals surface area contributed by atoms with E-state index in [0.717, 1.165) is 16.7 Å². The van der Waals surface area contributed by atoms with E-state index in [1.54, 1.807) is 30.5 Å². The molecule has 2 aromatic rings. The Hall–Kier alpha value is -1.59. The van der Waals surface area contributed by atoms with Crippen molar-refractivity contribution in [1.82, 2.24) is 4.98 Å². The molecule has 0 saturated heterocycles. The zero-order valence-corrected chi connectivity index (χ0v) is 13.1. The van der Waals surface area contributed by atoms with Gasteiger partial charge in [0.25, 0.3) is 5.91 Å². The quantitative estimate of drug-likeness (QED) is 0.866. The van der Waals surface area contributed by atoms with Gasteiger partial charge in [-0.2, -0.15) is 0 Å². The molecule has 1 heterocycles. The van der Waals surface area contributed by atoms with E-state index < -0.39 is 0 Å². The highest BCUT2D eigenvalue weighted by molar-refractivity contribution is 9.10. The molecule has 0 aliphatic heterocycles. The van der Waals surface area contributed by atoms with Crippen LogP contribution in [0, 0.1) is 0 Å². The number of carbonyl (C=O) groups excluding carboxylic acids is 1. The molecule has 4 nitrogen and oxygen atoms in total. The van der Waals surface area contributed by atoms with Gasteiger partial charge in [-0.1, -0.05) is 11.6 Å². The Kier molecular flexibility index (Phi) is 4.98. The molecule has 2 rings (SSSR count). The van der Waals surface area contributed by atoms with Gasteiger partial charge in [0.1, 0.15) is 0 Å². The van der Waals surface area contributed by atoms with Crippen LogP contribution in [-0.2, 0) is 0 Å². The second-order valence-corrected chi connectivity index (χ2v) is 5.30. The van der Waals surface area contributed by atoms with Gasteiger partial charge in [0.15, 0.2) is 0 Å². The highest BCUT2D eigenvalue weighted by Crippen LogP contribution is 2.26. The van der Waals surface area contributed by atoms with Gasteiger partial charge in [-0.05, 0) is 47.1 Å². The van der Waals surface area contributed by atoms with Crippen LogP contribution >= 0.6 is 27.5 Å². The van der Waals surface area contributed by atoms with Crippen LogP contribution in [0.25, 0.3) is 0 Å². The molecule has 0 atom stereocenters. The fourth-order valence-corrected chi connectivity index (χ4v) is 2.12. The summed E-state index contributed by atoms with van der Waals surface area (Å²) in [5, 5.41) is 6.47. The first kappa shape index (κ1) is 14.8. The summed E-state index contributed by atoms with van der Waals surface area (Å²) in [5.41, 5.74) is 1.88. The summed E-state index contributed by atoms with van der Waals surface area (Å²) in [6.45, 7) is 2.70. The highest BCUT2D eigenvalue weighted by Gasteiger charge is 2.12. The smallest absolute Gasteiger partial charge is 0.259 e. The van der Waals surface area contributed by atoms with E-state index in [4.69, 9.17) is 11.6 Å². The summed E-state index contributed by atoms with van der Waals surface area (Å²) in [7, 11) is 0. The lowest BCUT2D eigenvalue weighted by atomic mass is 10.2. The zero-order chi connectivity index (χ0) is 14.5. The van der Waals surface area contributed by atoms with Crippen LogP contribution in [0.5, 0.6) is 0 Å². The number of benzene rings is 1. The van der Waals surface area contributed by atoms with Crippen LogP contribution in [0.4, 0.5) is 11.4 Å². The number of nitrogens with one attached hydrogen (secondary N) is 2. The Bertz CT molecular complexity index is 634. The minimum Gasteiger partial charge on any atom is -0.385 e. The van der Waals surface area contributed by atoms with Gasteiger partial charge < -0.3 is 10.6 Å². The third-order valence-electron chi connectivity index (χ3n) is 2.61. The van der Waals surface area contributed by atoms with E-state index >= 15 is 0 Å². The van der Waals surface area contributed by atoms with E-state index in [1.807, 2.05) is 6.92 Å². The number of rotatable bonds is 4. The summed E-state index contributed by atoms with van der Waals surface area (Å²) < 4.78 is 0.784. The summed E-state index contributed by atoms with van der Waals surface area (Å²) in [5.74, 6) is -0.229. The second kappa shape index (κ2) is 6.72. The number of amides is 1. The molecule has 0 saturated carbocycles. The summed E-state index contributed by atoms with van der Waals surface area (Å²) in [6.07, 6.45) is 3.18. The molecular formula is C14H13BrClN3O. The summed E-state index contributed by atoms with van der Waals surface area (Å²) in [6, 6.07) is 7.02. The van der Waals surface area contributed by atoms with Gasteiger partial charge in [-0.15, -0.1) is 0 Å². The number of hydrogen-bond donors (Lipinski definition) is 2. The molecule has 0 bridgehead atoms. The van der Waals surface area contributed by atoms with Crippen LogP contribution in [0.3, 0.4) is 0 Å². The fourth-order valence-electron chi connectivity index (χ4n) is 1.69. The van der Waals surface area contributed by atoms with E-state index in [1.165, 1.54) is 6.20 Å². The lowest BCUT2D eigenvalue weighted by Crippen LogP contribution is -2.15. The SMILES string of the molecule is CCNc1ccncc1C(=O)Nc1ccc(Br)c(Cl)c1. The van der Waals surface area contributed by atoms with Crippen molar-refractivity contribution in [2.24, 2.45) is 0 Å². The van der Waals surface area contributed by atoms with Crippen LogP contribution < -0.4 is 10.6 Å². The second-order valence-electron chi connectivity index (χ2n) is 4.03. The van der Waals surface area contributed by atoms with Gasteiger partial charge in [-0.3, -0.25) is 9.78 Å². The van der Waals surface area contributed by atoms with Crippen LogP contribution in [0.2, 0.25) is 5.02 Å². The first-order valence-corrected chi connectivity index (χ1v) is 7.23. The van der Waals surface area contributed by atoms with E-state index in [2.05, 4.69) is 31.5 Å². The summed E-state index contributed by atoms with van der Waals surface area (Å²) in [4.78, 5) is 16.2. The van der Waals surface area contributed by atoms with E-state index in [9.17, 15) is 4.79 Å². The number of carbonyl (C=O) groups is 1. The maximum absolute atomic E-state index is 12.3. The molecule has 2 N–H and O–H groups in total. The number of anilines is 2. The molecule has 0 aliphatic carbocycles. The molecule has 1 aromatic carbocycles. The third-order valence-corrected chi connectivity index (χ3v) is 3.84. The molecule has 0 fully saturated rings. The predicted molar refractivity (Wildman–Crippen MR) is 85.5 cm³/mol. The first-order chi connectivity index (χ1) is 9.61. The highest BCUT2D eigenvalue weighted by atomic mass is 79.9. The zero-order valence-electron chi connectivity index (χ0n) is 10.8. The van der Waals surface area contributed by atoms with E-state index in [-0.39, 0.29) is 5.91 Å². The fraction of sp³-hybridized carbons (Fsp3) is 0.143. The third kappa shape index (κ3) is 3.49. The van der Waals surface area contributed by atoms with Crippen molar-refractivity contribution in [2.45, 2.75) is 6.92 Å². The van der Waals surface area contributed by atoms with Gasteiger partial charge >= 0.3 is 0 Å². The Morgan fingerprint density at radius 3 is 2.90 bits per heavy atom. The monoisotopic (exact) mass is 353 g/mol. The van der Waals surface area contributed by atoms with Gasteiger partial charge in [0.2, 0.25) is 0 Å². The Labute approximate surface area is 130 Å². The van der Waals surface area contributed by atoms with Gasteiger partial charge in [0, 0.05) is 29.1 Å². The van der Waals surface area contributed by atoms with Gasteiger partial charge in [-0.25, -0.2) is 0 Å². The molecular weight excluding hydrogens is 342 g/mol. The molecule has 104 valence electrons. The van der Waals surface area contributed by atoms with Crippen molar-refractivity contribution < 1.29 is 4.79 Å². The normalized spacial score (nSPS) is 10.2.